The maximum Gasteiger partial charge on any atom is 0.252 e. The van der Waals surface area contributed by atoms with Gasteiger partial charge in [0, 0.05) is 38.0 Å². The Morgan fingerprint density at radius 1 is 1.45 bits per heavy atom. The lowest BCUT2D eigenvalue weighted by molar-refractivity contribution is 0.0979. The van der Waals surface area contributed by atoms with Gasteiger partial charge in [0.1, 0.15) is 10.0 Å². The zero-order valence-electron chi connectivity index (χ0n) is 12.4. The molecule has 120 valence electrons. The van der Waals surface area contributed by atoms with E-state index < -0.39 is 10.0 Å². The van der Waals surface area contributed by atoms with E-state index in [1.165, 1.54) is 15.6 Å². The molecule has 0 amide bonds. The number of sulfonamides is 1. The molecule has 0 fully saturated rings. The second-order valence-corrected chi connectivity index (χ2v) is 8.36. The predicted octanol–water partition coefficient (Wildman–Crippen LogP) is 1.80. The van der Waals surface area contributed by atoms with Crippen LogP contribution in [0, 0.1) is 5.92 Å². The van der Waals surface area contributed by atoms with Gasteiger partial charge in [-0.1, -0.05) is 6.07 Å². The Balaban J connectivity index is 1.90. The number of hydrogen-bond acceptors (Lipinski definition) is 5. The Morgan fingerprint density at radius 3 is 3.05 bits per heavy atom. The highest BCUT2D eigenvalue weighted by molar-refractivity contribution is 7.91. The molecule has 2 aromatic rings. The van der Waals surface area contributed by atoms with Crippen molar-refractivity contribution in [3.05, 3.63) is 35.7 Å². The van der Waals surface area contributed by atoms with Crippen LogP contribution in [-0.4, -0.2) is 42.0 Å². The molecule has 3 rings (SSSR count). The molecule has 0 radical (unpaired) electrons. The van der Waals surface area contributed by atoms with E-state index in [1.54, 1.807) is 23.7 Å². The quantitative estimate of drug-likeness (QED) is 0.832. The van der Waals surface area contributed by atoms with Gasteiger partial charge in [-0.3, -0.25) is 0 Å². The first-order chi connectivity index (χ1) is 10.6. The maximum absolute atomic E-state index is 12.8. The number of fused-ring (bicyclic) bond motifs is 1. The lowest BCUT2D eigenvalue weighted by Crippen LogP contribution is -2.35. The number of hydrogen-bond donors (Lipinski definition) is 0. The van der Waals surface area contributed by atoms with Crippen LogP contribution in [0.3, 0.4) is 0 Å². The molecule has 0 N–H and O–H groups in total. The molecule has 1 atom stereocenters. The molecule has 0 saturated heterocycles. The van der Waals surface area contributed by atoms with Gasteiger partial charge in [0.2, 0.25) is 0 Å². The van der Waals surface area contributed by atoms with Gasteiger partial charge in [-0.15, -0.1) is 11.3 Å². The van der Waals surface area contributed by atoms with Gasteiger partial charge in [-0.25, -0.2) is 13.4 Å². The summed E-state index contributed by atoms with van der Waals surface area (Å²) in [4.78, 5) is 4.30. The van der Waals surface area contributed by atoms with Gasteiger partial charge >= 0.3 is 0 Å². The van der Waals surface area contributed by atoms with Crippen LogP contribution < -0.4 is 0 Å². The summed E-state index contributed by atoms with van der Waals surface area (Å²) in [6, 6.07) is 3.41. The zero-order valence-corrected chi connectivity index (χ0v) is 14.0. The van der Waals surface area contributed by atoms with E-state index in [0.29, 0.717) is 30.5 Å². The summed E-state index contributed by atoms with van der Waals surface area (Å²) in [6.45, 7) is 4.60. The third-order valence-corrected chi connectivity index (χ3v) is 6.87. The molecule has 0 aromatic carbocycles. The van der Waals surface area contributed by atoms with E-state index in [1.807, 2.05) is 17.7 Å². The standard InChI is InChI=1S/C14H19N3O3S2/c1-2-20-11-12-8-16-6-5-15-13(16)10-17(9-12)22(18,19)14-4-3-7-21-14/h3-7,12H,2,8-11H2,1H3. The van der Waals surface area contributed by atoms with Gasteiger partial charge in [-0.2, -0.15) is 4.31 Å². The van der Waals surface area contributed by atoms with Crippen LogP contribution in [0.2, 0.25) is 0 Å². The molecule has 3 heterocycles. The minimum absolute atomic E-state index is 0.116. The maximum atomic E-state index is 12.8. The van der Waals surface area contributed by atoms with E-state index in [9.17, 15) is 8.42 Å². The van der Waals surface area contributed by atoms with Crippen molar-refractivity contribution in [3.8, 4) is 0 Å². The van der Waals surface area contributed by atoms with Crippen molar-refractivity contribution in [2.24, 2.45) is 5.92 Å². The fourth-order valence-electron chi connectivity index (χ4n) is 2.61. The highest BCUT2D eigenvalue weighted by atomic mass is 32.2. The Bertz CT molecular complexity index is 710. The summed E-state index contributed by atoms with van der Waals surface area (Å²) in [5, 5.41) is 1.78. The molecule has 0 bridgehead atoms. The van der Waals surface area contributed by atoms with Crippen molar-refractivity contribution in [1.82, 2.24) is 13.9 Å². The molecule has 6 nitrogen and oxygen atoms in total. The van der Waals surface area contributed by atoms with E-state index in [0.717, 1.165) is 12.4 Å². The Hall–Kier alpha value is -1.22. The van der Waals surface area contributed by atoms with Crippen molar-refractivity contribution in [2.75, 3.05) is 19.8 Å². The predicted molar refractivity (Wildman–Crippen MR) is 84.1 cm³/mol. The minimum Gasteiger partial charge on any atom is -0.381 e. The number of aromatic nitrogens is 2. The molecule has 2 aromatic heterocycles. The molecule has 1 aliphatic rings. The normalized spacial score (nSPS) is 19.8. The highest BCUT2D eigenvalue weighted by Crippen LogP contribution is 2.26. The largest absolute Gasteiger partial charge is 0.381 e. The van der Waals surface area contributed by atoms with Crippen molar-refractivity contribution in [1.29, 1.82) is 0 Å². The van der Waals surface area contributed by atoms with Gasteiger partial charge in [-0.05, 0) is 18.4 Å². The molecule has 8 heteroatoms. The smallest absolute Gasteiger partial charge is 0.252 e. The molecular weight excluding hydrogens is 322 g/mol. The number of nitrogens with zero attached hydrogens (tertiary/aromatic N) is 3. The Kier molecular flexibility index (Phi) is 4.62. The first-order valence-electron chi connectivity index (χ1n) is 7.22. The minimum atomic E-state index is -3.48. The summed E-state index contributed by atoms with van der Waals surface area (Å²) in [5.74, 6) is 0.893. The number of rotatable bonds is 5. The summed E-state index contributed by atoms with van der Waals surface area (Å²) in [5.41, 5.74) is 0. The van der Waals surface area contributed by atoms with Gasteiger partial charge in [0.15, 0.2) is 0 Å². The van der Waals surface area contributed by atoms with Gasteiger partial charge < -0.3 is 9.30 Å². The van der Waals surface area contributed by atoms with Crippen LogP contribution >= 0.6 is 11.3 Å². The molecule has 0 saturated carbocycles. The van der Waals surface area contributed by atoms with Crippen LogP contribution in [0.4, 0.5) is 0 Å². The van der Waals surface area contributed by atoms with Gasteiger partial charge in [0.05, 0.1) is 13.2 Å². The van der Waals surface area contributed by atoms with Crippen LogP contribution in [0.15, 0.2) is 34.1 Å². The van der Waals surface area contributed by atoms with E-state index in [-0.39, 0.29) is 5.92 Å². The van der Waals surface area contributed by atoms with E-state index >= 15 is 0 Å². The Labute approximate surface area is 134 Å². The molecule has 1 unspecified atom stereocenters. The SMILES string of the molecule is CCOCC1CN(S(=O)(=O)c2cccs2)Cc2nccn2C1. The van der Waals surface area contributed by atoms with Crippen molar-refractivity contribution in [3.63, 3.8) is 0 Å². The third kappa shape index (κ3) is 3.10. The third-order valence-electron chi connectivity index (χ3n) is 3.68. The molecule has 0 aliphatic carbocycles. The van der Waals surface area contributed by atoms with E-state index in [2.05, 4.69) is 4.98 Å². The first kappa shape index (κ1) is 15.7. The summed E-state index contributed by atoms with van der Waals surface area (Å²) in [6.07, 6.45) is 3.61. The average molecular weight is 341 g/mol. The Morgan fingerprint density at radius 2 is 2.32 bits per heavy atom. The average Bonchev–Trinajstić information content (AvgIpc) is 3.14. The van der Waals surface area contributed by atoms with Crippen molar-refractivity contribution < 1.29 is 13.2 Å². The van der Waals surface area contributed by atoms with Crippen molar-refractivity contribution in [2.45, 2.75) is 24.2 Å². The molecule has 0 spiro atoms. The molecule has 1 aliphatic heterocycles. The van der Waals surface area contributed by atoms with Gasteiger partial charge in [0.25, 0.3) is 10.0 Å². The van der Waals surface area contributed by atoms with Crippen molar-refractivity contribution >= 4 is 21.4 Å². The van der Waals surface area contributed by atoms with Crippen LogP contribution in [0.1, 0.15) is 12.7 Å². The van der Waals surface area contributed by atoms with E-state index in [4.69, 9.17) is 4.74 Å². The summed E-state index contributed by atoms with van der Waals surface area (Å²) in [7, 11) is -3.48. The molecular formula is C14H19N3O3S2. The monoisotopic (exact) mass is 341 g/mol. The topological polar surface area (TPSA) is 64.4 Å². The fourth-order valence-corrected chi connectivity index (χ4v) is 5.23. The van der Waals surface area contributed by atoms with Crippen LogP contribution in [0.25, 0.3) is 0 Å². The molecule has 22 heavy (non-hydrogen) atoms. The fraction of sp³-hybridized carbons (Fsp3) is 0.500. The first-order valence-corrected chi connectivity index (χ1v) is 9.54. The second-order valence-electron chi connectivity index (χ2n) is 5.25. The number of thiophene rings is 1. The zero-order chi connectivity index (χ0) is 15.6. The lowest BCUT2D eigenvalue weighted by atomic mass is 10.1. The number of imidazole rings is 1. The highest BCUT2D eigenvalue weighted by Gasteiger charge is 2.32. The number of ether oxygens (including phenoxy) is 1. The van der Waals surface area contributed by atoms with Crippen LogP contribution in [-0.2, 0) is 27.8 Å². The second kappa shape index (κ2) is 6.49. The summed E-state index contributed by atoms with van der Waals surface area (Å²) < 4.78 is 35.1. The lowest BCUT2D eigenvalue weighted by Gasteiger charge is -2.22. The van der Waals surface area contributed by atoms with Crippen LogP contribution in [0.5, 0.6) is 0 Å². The summed E-state index contributed by atoms with van der Waals surface area (Å²) >= 11 is 1.24.